The Hall–Kier alpha value is -2.18. The molecule has 0 aliphatic carbocycles. The van der Waals surface area contributed by atoms with Crippen LogP contribution in [0, 0.1) is 5.82 Å². The Balaban J connectivity index is 1.85. The maximum atomic E-state index is 13.1. The lowest BCUT2D eigenvalue weighted by Gasteiger charge is -2.08. The summed E-state index contributed by atoms with van der Waals surface area (Å²) in [5, 5.41) is 0.958. The summed E-state index contributed by atoms with van der Waals surface area (Å²) in [4.78, 5) is 2.99. The summed E-state index contributed by atoms with van der Waals surface area (Å²) in [7, 11) is -3.73. The van der Waals surface area contributed by atoms with Crippen molar-refractivity contribution < 1.29 is 12.8 Å². The maximum absolute atomic E-state index is 13.1. The first kappa shape index (κ1) is 13.8. The molecule has 0 amide bonds. The molecule has 0 spiro atoms. The van der Waals surface area contributed by atoms with Crippen molar-refractivity contribution in [2.24, 2.45) is 0 Å². The van der Waals surface area contributed by atoms with E-state index in [1.165, 1.54) is 18.2 Å². The molecule has 1 heterocycles. The van der Waals surface area contributed by atoms with Crippen molar-refractivity contribution in [3.8, 4) is 0 Å². The van der Waals surface area contributed by atoms with E-state index in [0.717, 1.165) is 22.5 Å². The monoisotopic (exact) mass is 304 g/mol. The van der Waals surface area contributed by atoms with Crippen molar-refractivity contribution in [2.75, 3.05) is 0 Å². The fourth-order valence-electron chi connectivity index (χ4n) is 2.19. The van der Waals surface area contributed by atoms with Crippen molar-refractivity contribution in [1.29, 1.82) is 0 Å². The highest BCUT2D eigenvalue weighted by molar-refractivity contribution is 7.89. The molecule has 0 radical (unpaired) electrons. The zero-order chi connectivity index (χ0) is 14.9. The molecule has 0 aliphatic heterocycles. The first-order chi connectivity index (χ1) is 10.1. The van der Waals surface area contributed by atoms with E-state index in [0.29, 0.717) is 0 Å². The third-order valence-corrected chi connectivity index (χ3v) is 4.64. The number of nitrogens with one attached hydrogen (secondary N) is 2. The lowest BCUT2D eigenvalue weighted by atomic mass is 10.1. The second kappa shape index (κ2) is 5.31. The Morgan fingerprint density at radius 2 is 1.90 bits per heavy atom. The third-order valence-electron chi connectivity index (χ3n) is 3.24. The molecule has 0 saturated heterocycles. The van der Waals surface area contributed by atoms with Gasteiger partial charge in [0.25, 0.3) is 0 Å². The zero-order valence-corrected chi connectivity index (χ0v) is 11.8. The van der Waals surface area contributed by atoms with Gasteiger partial charge in [0, 0.05) is 23.6 Å². The van der Waals surface area contributed by atoms with Crippen LogP contribution in [0.2, 0.25) is 0 Å². The summed E-state index contributed by atoms with van der Waals surface area (Å²) in [6, 6.07) is 12.5. The minimum atomic E-state index is -3.73. The standard InChI is InChI=1S/C15H13FN2O2S/c16-12-4-2-5-13(9-12)21(19,20)18-10-11-3-1-6-15-14(11)7-8-17-15/h1-9,17-18H,10H2. The smallest absolute Gasteiger partial charge is 0.240 e. The minimum Gasteiger partial charge on any atom is -0.361 e. The van der Waals surface area contributed by atoms with Crippen LogP contribution in [-0.4, -0.2) is 13.4 Å². The number of hydrogen-bond donors (Lipinski definition) is 2. The molecule has 0 bridgehead atoms. The summed E-state index contributed by atoms with van der Waals surface area (Å²) in [5.41, 5.74) is 1.80. The largest absolute Gasteiger partial charge is 0.361 e. The highest BCUT2D eigenvalue weighted by Crippen LogP contribution is 2.18. The molecule has 3 aromatic rings. The average molecular weight is 304 g/mol. The summed E-state index contributed by atoms with van der Waals surface area (Å²) in [5.74, 6) is -0.578. The molecule has 1 aromatic heterocycles. The molecule has 3 rings (SSSR count). The number of benzene rings is 2. The van der Waals surface area contributed by atoms with Crippen LogP contribution >= 0.6 is 0 Å². The van der Waals surface area contributed by atoms with Crippen LogP contribution in [0.3, 0.4) is 0 Å². The van der Waals surface area contributed by atoms with Crippen molar-refractivity contribution in [2.45, 2.75) is 11.4 Å². The van der Waals surface area contributed by atoms with Gasteiger partial charge >= 0.3 is 0 Å². The Morgan fingerprint density at radius 3 is 2.71 bits per heavy atom. The first-order valence-corrected chi connectivity index (χ1v) is 7.85. The number of aromatic nitrogens is 1. The van der Waals surface area contributed by atoms with E-state index in [2.05, 4.69) is 9.71 Å². The van der Waals surface area contributed by atoms with Gasteiger partial charge in [-0.1, -0.05) is 18.2 Å². The van der Waals surface area contributed by atoms with Gasteiger partial charge in [-0.3, -0.25) is 0 Å². The summed E-state index contributed by atoms with van der Waals surface area (Å²) >= 11 is 0. The van der Waals surface area contributed by atoms with E-state index in [4.69, 9.17) is 0 Å². The Bertz CT molecular complexity index is 887. The number of hydrogen-bond acceptors (Lipinski definition) is 2. The lowest BCUT2D eigenvalue weighted by Crippen LogP contribution is -2.23. The van der Waals surface area contributed by atoms with Crippen LogP contribution in [0.25, 0.3) is 10.9 Å². The van der Waals surface area contributed by atoms with E-state index >= 15 is 0 Å². The Kier molecular flexibility index (Phi) is 3.48. The van der Waals surface area contributed by atoms with Gasteiger partial charge in [0.2, 0.25) is 10.0 Å². The molecular formula is C15H13FN2O2S. The highest BCUT2D eigenvalue weighted by Gasteiger charge is 2.14. The summed E-state index contributed by atoms with van der Waals surface area (Å²) in [6.45, 7) is 0.147. The van der Waals surface area contributed by atoms with Crippen LogP contribution in [0.15, 0.2) is 59.6 Å². The van der Waals surface area contributed by atoms with Crippen LogP contribution in [-0.2, 0) is 16.6 Å². The van der Waals surface area contributed by atoms with Crippen LogP contribution in [0.5, 0.6) is 0 Å². The number of H-pyrrole nitrogens is 1. The third kappa shape index (κ3) is 2.81. The van der Waals surface area contributed by atoms with Crippen LogP contribution < -0.4 is 4.72 Å². The molecule has 0 fully saturated rings. The van der Waals surface area contributed by atoms with Gasteiger partial charge < -0.3 is 4.98 Å². The van der Waals surface area contributed by atoms with Gasteiger partial charge in [0.05, 0.1) is 4.90 Å². The van der Waals surface area contributed by atoms with Crippen molar-refractivity contribution in [1.82, 2.24) is 9.71 Å². The maximum Gasteiger partial charge on any atom is 0.240 e. The van der Waals surface area contributed by atoms with E-state index in [9.17, 15) is 12.8 Å². The number of rotatable bonds is 4. The van der Waals surface area contributed by atoms with E-state index in [1.54, 1.807) is 6.20 Å². The fraction of sp³-hybridized carbons (Fsp3) is 0.0667. The number of halogens is 1. The number of aromatic amines is 1. The highest BCUT2D eigenvalue weighted by atomic mass is 32.2. The molecular weight excluding hydrogens is 291 g/mol. The molecule has 0 atom stereocenters. The van der Waals surface area contributed by atoms with E-state index in [1.807, 2.05) is 24.3 Å². The number of sulfonamides is 1. The van der Waals surface area contributed by atoms with Gasteiger partial charge in [-0.25, -0.2) is 17.5 Å². The second-order valence-electron chi connectivity index (χ2n) is 4.64. The van der Waals surface area contributed by atoms with Gasteiger partial charge in [0.1, 0.15) is 5.82 Å². The molecule has 21 heavy (non-hydrogen) atoms. The van der Waals surface area contributed by atoms with Crippen LogP contribution in [0.4, 0.5) is 4.39 Å². The Morgan fingerprint density at radius 1 is 1.10 bits per heavy atom. The Labute approximate surface area is 121 Å². The van der Waals surface area contributed by atoms with Gasteiger partial charge in [-0.15, -0.1) is 0 Å². The summed E-state index contributed by atoms with van der Waals surface area (Å²) in [6.07, 6.45) is 1.80. The van der Waals surface area contributed by atoms with Crippen molar-refractivity contribution in [3.05, 3.63) is 66.1 Å². The van der Waals surface area contributed by atoms with Gasteiger partial charge in [-0.2, -0.15) is 0 Å². The van der Waals surface area contributed by atoms with Gasteiger partial charge in [0.15, 0.2) is 0 Å². The number of fused-ring (bicyclic) bond motifs is 1. The predicted molar refractivity (Wildman–Crippen MR) is 78.7 cm³/mol. The topological polar surface area (TPSA) is 62.0 Å². The zero-order valence-electron chi connectivity index (χ0n) is 11.0. The minimum absolute atomic E-state index is 0.0799. The van der Waals surface area contributed by atoms with Crippen molar-refractivity contribution in [3.63, 3.8) is 0 Å². The lowest BCUT2D eigenvalue weighted by molar-refractivity contribution is 0.577. The molecule has 0 saturated carbocycles. The normalized spacial score (nSPS) is 11.9. The van der Waals surface area contributed by atoms with Crippen molar-refractivity contribution >= 4 is 20.9 Å². The molecule has 2 N–H and O–H groups in total. The van der Waals surface area contributed by atoms with Crippen LogP contribution in [0.1, 0.15) is 5.56 Å². The first-order valence-electron chi connectivity index (χ1n) is 6.36. The van der Waals surface area contributed by atoms with Gasteiger partial charge in [-0.05, 0) is 35.9 Å². The van der Waals surface area contributed by atoms with E-state index < -0.39 is 15.8 Å². The summed E-state index contributed by atoms with van der Waals surface area (Å²) < 4.78 is 39.9. The average Bonchev–Trinajstić information content (AvgIpc) is 2.94. The molecule has 0 unspecified atom stereocenters. The molecule has 2 aromatic carbocycles. The predicted octanol–water partition coefficient (Wildman–Crippen LogP) is 2.79. The quantitative estimate of drug-likeness (QED) is 0.778. The molecule has 108 valence electrons. The molecule has 0 aliphatic rings. The second-order valence-corrected chi connectivity index (χ2v) is 6.40. The molecule has 4 nitrogen and oxygen atoms in total. The SMILES string of the molecule is O=S(=O)(NCc1cccc2[nH]ccc12)c1cccc(F)c1. The van der Waals surface area contributed by atoms with E-state index in [-0.39, 0.29) is 11.4 Å². The fourth-order valence-corrected chi connectivity index (χ4v) is 3.23. The molecule has 6 heteroatoms.